The number of amides is 1. The molecule has 0 unspecified atom stereocenters. The Morgan fingerprint density at radius 2 is 2.12 bits per heavy atom. The fourth-order valence-electron chi connectivity index (χ4n) is 3.33. The van der Waals surface area contributed by atoms with Crippen LogP contribution in [0.4, 0.5) is 0 Å². The van der Waals surface area contributed by atoms with Crippen LogP contribution in [0.25, 0.3) is 0 Å². The molecular formula is C18H25Cl2N5O. The Hall–Kier alpha value is -1.63. The molecule has 142 valence electrons. The van der Waals surface area contributed by atoms with E-state index in [0.717, 1.165) is 50.3 Å². The number of fused-ring (bicyclic) bond motifs is 1. The lowest BCUT2D eigenvalue weighted by Crippen LogP contribution is -2.32. The van der Waals surface area contributed by atoms with Gasteiger partial charge in [-0.1, -0.05) is 0 Å². The second-order valence-electron chi connectivity index (χ2n) is 6.84. The van der Waals surface area contributed by atoms with Crippen molar-refractivity contribution < 1.29 is 4.79 Å². The highest BCUT2D eigenvalue weighted by atomic mass is 35.5. The van der Waals surface area contributed by atoms with Crippen molar-refractivity contribution in [1.82, 2.24) is 24.8 Å². The first-order chi connectivity index (χ1) is 11.7. The van der Waals surface area contributed by atoms with Gasteiger partial charge in [-0.15, -0.1) is 24.8 Å². The maximum absolute atomic E-state index is 11.9. The van der Waals surface area contributed by atoms with E-state index in [9.17, 15) is 4.79 Å². The van der Waals surface area contributed by atoms with Gasteiger partial charge in [-0.25, -0.2) is 4.98 Å². The zero-order chi connectivity index (χ0) is 16.5. The molecule has 1 amide bonds. The number of pyridine rings is 1. The van der Waals surface area contributed by atoms with Crippen LogP contribution in [-0.4, -0.2) is 31.9 Å². The average molecular weight is 398 g/mol. The number of carbonyl (C=O) groups excluding carboxylic acids is 1. The van der Waals surface area contributed by atoms with E-state index in [4.69, 9.17) is 0 Å². The van der Waals surface area contributed by atoms with Gasteiger partial charge in [0.25, 0.3) is 0 Å². The monoisotopic (exact) mass is 397 g/mol. The molecule has 6 nitrogen and oxygen atoms in total. The Morgan fingerprint density at radius 1 is 1.31 bits per heavy atom. The molecule has 4 rings (SSSR count). The van der Waals surface area contributed by atoms with Gasteiger partial charge in [0.05, 0.1) is 6.54 Å². The Balaban J connectivity index is 0.00000121. The van der Waals surface area contributed by atoms with Crippen LogP contribution in [0.3, 0.4) is 0 Å². The van der Waals surface area contributed by atoms with Crippen LogP contribution < -0.4 is 5.32 Å². The fraction of sp³-hybridized carbons (Fsp3) is 0.500. The van der Waals surface area contributed by atoms with Gasteiger partial charge in [0.15, 0.2) is 0 Å². The summed E-state index contributed by atoms with van der Waals surface area (Å²) in [4.78, 5) is 23.1. The second-order valence-corrected chi connectivity index (χ2v) is 6.84. The van der Waals surface area contributed by atoms with Crippen LogP contribution in [0, 0.1) is 5.92 Å². The lowest BCUT2D eigenvalue weighted by atomic mass is 9.97. The van der Waals surface area contributed by atoms with Crippen molar-refractivity contribution in [2.24, 2.45) is 13.0 Å². The summed E-state index contributed by atoms with van der Waals surface area (Å²) < 4.78 is 2.07. The van der Waals surface area contributed by atoms with Crippen LogP contribution in [0.5, 0.6) is 0 Å². The third-order valence-electron chi connectivity index (χ3n) is 5.00. The Bertz CT molecular complexity index is 760. The third kappa shape index (κ3) is 4.55. The fourth-order valence-corrected chi connectivity index (χ4v) is 3.33. The standard InChI is InChI=1S/C18H23N5O.2ClH/c1-22-7-5-20-17(22)12-23-6-4-16-14(8-19-9-15(16)11-23)10-21-18(24)13-2-3-13;;/h5,7-9,13H,2-4,6,10-12H2,1H3,(H,21,24);2*1H. The molecule has 2 aromatic rings. The molecule has 3 heterocycles. The number of aromatic nitrogens is 3. The van der Waals surface area contributed by atoms with Crippen molar-refractivity contribution in [3.8, 4) is 0 Å². The maximum Gasteiger partial charge on any atom is 0.223 e. The molecule has 0 radical (unpaired) electrons. The van der Waals surface area contributed by atoms with Crippen LogP contribution in [0.2, 0.25) is 0 Å². The van der Waals surface area contributed by atoms with E-state index in [1.807, 2.05) is 31.8 Å². The molecule has 1 aliphatic carbocycles. The smallest absolute Gasteiger partial charge is 0.223 e. The van der Waals surface area contributed by atoms with E-state index in [0.29, 0.717) is 6.54 Å². The molecule has 8 heteroatoms. The molecule has 1 aliphatic heterocycles. The van der Waals surface area contributed by atoms with E-state index in [-0.39, 0.29) is 36.6 Å². The van der Waals surface area contributed by atoms with Crippen LogP contribution >= 0.6 is 24.8 Å². The number of halogens is 2. The lowest BCUT2D eigenvalue weighted by molar-refractivity contribution is -0.122. The van der Waals surface area contributed by atoms with Crippen LogP contribution in [-0.2, 0) is 37.9 Å². The summed E-state index contributed by atoms with van der Waals surface area (Å²) in [7, 11) is 2.03. The minimum atomic E-state index is 0. The predicted octanol–water partition coefficient (Wildman–Crippen LogP) is 2.24. The topological polar surface area (TPSA) is 63.1 Å². The molecule has 2 aromatic heterocycles. The lowest BCUT2D eigenvalue weighted by Gasteiger charge is -2.29. The summed E-state index contributed by atoms with van der Waals surface area (Å²) >= 11 is 0. The third-order valence-corrected chi connectivity index (χ3v) is 5.00. The number of nitrogens with zero attached hydrogens (tertiary/aromatic N) is 4. The highest BCUT2D eigenvalue weighted by Gasteiger charge is 2.29. The number of carbonyl (C=O) groups is 1. The Labute approximate surface area is 166 Å². The minimum absolute atomic E-state index is 0. The van der Waals surface area contributed by atoms with E-state index in [1.165, 1.54) is 11.1 Å². The maximum atomic E-state index is 11.9. The van der Waals surface area contributed by atoms with Gasteiger partial charge in [-0.2, -0.15) is 0 Å². The minimum Gasteiger partial charge on any atom is -0.352 e. The molecule has 0 atom stereocenters. The molecule has 1 N–H and O–H groups in total. The Morgan fingerprint density at radius 3 is 2.81 bits per heavy atom. The van der Waals surface area contributed by atoms with Crippen molar-refractivity contribution >= 4 is 30.7 Å². The van der Waals surface area contributed by atoms with Gasteiger partial charge >= 0.3 is 0 Å². The summed E-state index contributed by atoms with van der Waals surface area (Å²) in [5.41, 5.74) is 3.80. The SMILES string of the molecule is Cl.Cl.Cn1ccnc1CN1CCc2c(CNC(=O)C3CC3)cncc2C1. The van der Waals surface area contributed by atoms with E-state index in [1.54, 1.807) is 0 Å². The number of hydrogen-bond acceptors (Lipinski definition) is 4. The molecule has 0 spiro atoms. The number of rotatable bonds is 5. The van der Waals surface area contributed by atoms with Gasteiger partial charge < -0.3 is 9.88 Å². The van der Waals surface area contributed by atoms with Crippen molar-refractivity contribution in [1.29, 1.82) is 0 Å². The molecular weight excluding hydrogens is 373 g/mol. The second kappa shape index (κ2) is 8.84. The summed E-state index contributed by atoms with van der Waals surface area (Å²) in [6, 6.07) is 0. The molecule has 26 heavy (non-hydrogen) atoms. The van der Waals surface area contributed by atoms with Crippen molar-refractivity contribution in [3.63, 3.8) is 0 Å². The van der Waals surface area contributed by atoms with Gasteiger partial charge in [0.2, 0.25) is 5.91 Å². The molecule has 1 fully saturated rings. The highest BCUT2D eigenvalue weighted by Crippen LogP contribution is 2.29. The first kappa shape index (κ1) is 20.7. The Kier molecular flexibility index (Phi) is 7.03. The van der Waals surface area contributed by atoms with Gasteiger partial charge in [0.1, 0.15) is 5.82 Å². The number of aryl methyl sites for hydroxylation is 1. The summed E-state index contributed by atoms with van der Waals surface area (Å²) in [6.45, 7) is 3.35. The molecule has 0 aromatic carbocycles. The first-order valence-electron chi connectivity index (χ1n) is 8.61. The van der Waals surface area contributed by atoms with Crippen LogP contribution in [0.15, 0.2) is 24.8 Å². The normalized spacial score (nSPS) is 16.2. The van der Waals surface area contributed by atoms with E-state index < -0.39 is 0 Å². The largest absolute Gasteiger partial charge is 0.352 e. The number of nitrogens with one attached hydrogen (secondary N) is 1. The predicted molar refractivity (Wildman–Crippen MR) is 104 cm³/mol. The highest BCUT2D eigenvalue weighted by molar-refractivity contribution is 5.85. The zero-order valence-electron chi connectivity index (χ0n) is 14.9. The van der Waals surface area contributed by atoms with E-state index >= 15 is 0 Å². The summed E-state index contributed by atoms with van der Waals surface area (Å²) in [6.07, 6.45) is 10.8. The molecule has 0 saturated heterocycles. The van der Waals surface area contributed by atoms with Crippen molar-refractivity contribution in [3.05, 3.63) is 47.3 Å². The first-order valence-corrected chi connectivity index (χ1v) is 8.61. The van der Waals surface area contributed by atoms with E-state index in [2.05, 4.69) is 24.8 Å². The van der Waals surface area contributed by atoms with Crippen molar-refractivity contribution in [2.45, 2.75) is 38.9 Å². The van der Waals surface area contributed by atoms with Crippen molar-refractivity contribution in [2.75, 3.05) is 6.54 Å². The molecule has 1 saturated carbocycles. The molecule has 2 aliphatic rings. The van der Waals surface area contributed by atoms with Crippen LogP contribution in [0.1, 0.15) is 35.4 Å². The molecule has 0 bridgehead atoms. The van der Waals surface area contributed by atoms with Gasteiger partial charge in [0, 0.05) is 57.4 Å². The summed E-state index contributed by atoms with van der Waals surface area (Å²) in [5.74, 6) is 1.53. The summed E-state index contributed by atoms with van der Waals surface area (Å²) in [5, 5.41) is 3.06. The zero-order valence-corrected chi connectivity index (χ0v) is 16.5. The van der Waals surface area contributed by atoms with Gasteiger partial charge in [-0.3, -0.25) is 14.7 Å². The van der Waals surface area contributed by atoms with Gasteiger partial charge in [-0.05, 0) is 36.0 Å². The number of hydrogen-bond donors (Lipinski definition) is 1. The number of imidazole rings is 1. The average Bonchev–Trinajstić information content (AvgIpc) is 3.37. The quantitative estimate of drug-likeness (QED) is 0.839.